The first-order valence-electron chi connectivity index (χ1n) is 7.38. The first kappa shape index (κ1) is 15.2. The van der Waals surface area contributed by atoms with Crippen molar-refractivity contribution in [2.24, 2.45) is 0 Å². The van der Waals surface area contributed by atoms with Gasteiger partial charge < -0.3 is 9.88 Å². The van der Waals surface area contributed by atoms with Gasteiger partial charge in [0.05, 0.1) is 0 Å². The monoisotopic (exact) mass is 319 g/mol. The average Bonchev–Trinajstić information content (AvgIpc) is 2.88. The Balaban J connectivity index is 1.80. The second-order valence-corrected chi connectivity index (χ2v) is 6.04. The molecule has 5 nitrogen and oxygen atoms in total. The number of nitrogens with one attached hydrogen (secondary N) is 1. The number of hydrogen-bond acceptors (Lipinski definition) is 5. The van der Waals surface area contributed by atoms with E-state index in [9.17, 15) is 4.39 Å². The molecule has 0 fully saturated rings. The maximum absolute atomic E-state index is 13.3. The number of nitrogens with zero attached hydrogens (tertiary/aromatic N) is 4. The third kappa shape index (κ3) is 3.05. The van der Waals surface area contributed by atoms with E-state index in [1.807, 2.05) is 0 Å². The molecular formula is C15H18FN5S. The molecule has 0 bridgehead atoms. The quantitative estimate of drug-likeness (QED) is 0.708. The topological polar surface area (TPSA) is 57.7 Å². The van der Waals surface area contributed by atoms with Crippen LogP contribution in [0.1, 0.15) is 13.8 Å². The third-order valence-corrected chi connectivity index (χ3v) is 4.51. The van der Waals surface area contributed by atoms with Crippen molar-refractivity contribution in [1.29, 1.82) is 0 Å². The summed E-state index contributed by atoms with van der Waals surface area (Å²) in [4.78, 5) is 10.00. The molecule has 0 aliphatic heterocycles. The Morgan fingerprint density at radius 1 is 1.23 bits per heavy atom. The van der Waals surface area contributed by atoms with Crippen LogP contribution >= 0.6 is 11.8 Å². The maximum Gasteiger partial charge on any atom is 0.211 e. The number of aromatic nitrogens is 4. The van der Waals surface area contributed by atoms with Crippen LogP contribution in [0.25, 0.3) is 22.1 Å². The minimum Gasteiger partial charge on any atom is -0.338 e. The van der Waals surface area contributed by atoms with Gasteiger partial charge in [0.25, 0.3) is 0 Å². The second kappa shape index (κ2) is 6.58. The molecule has 116 valence electrons. The van der Waals surface area contributed by atoms with Gasteiger partial charge in [-0.1, -0.05) is 25.6 Å². The van der Waals surface area contributed by atoms with Crippen LogP contribution in [0.5, 0.6) is 0 Å². The van der Waals surface area contributed by atoms with Gasteiger partial charge in [0.15, 0.2) is 5.65 Å². The van der Waals surface area contributed by atoms with Gasteiger partial charge in [-0.25, -0.2) is 9.37 Å². The van der Waals surface area contributed by atoms with Crippen LogP contribution in [0.3, 0.4) is 0 Å². The van der Waals surface area contributed by atoms with Crippen molar-refractivity contribution < 1.29 is 4.39 Å². The highest BCUT2D eigenvalue weighted by molar-refractivity contribution is 7.99. The molecule has 0 saturated carbocycles. The molecule has 0 aliphatic rings. The first-order chi connectivity index (χ1) is 10.7. The van der Waals surface area contributed by atoms with E-state index in [2.05, 4.69) is 38.9 Å². The van der Waals surface area contributed by atoms with E-state index in [0.717, 1.165) is 36.3 Å². The lowest BCUT2D eigenvalue weighted by molar-refractivity contribution is 0.324. The molecule has 0 radical (unpaired) electrons. The predicted molar refractivity (Wildman–Crippen MR) is 87.7 cm³/mol. The Morgan fingerprint density at radius 2 is 2.05 bits per heavy atom. The van der Waals surface area contributed by atoms with Crippen molar-refractivity contribution in [3.63, 3.8) is 0 Å². The number of benzene rings is 1. The summed E-state index contributed by atoms with van der Waals surface area (Å²) < 4.78 is 13.3. The fraction of sp³-hybridized carbons (Fsp3) is 0.400. The molecule has 1 N–H and O–H groups in total. The van der Waals surface area contributed by atoms with E-state index in [4.69, 9.17) is 0 Å². The van der Waals surface area contributed by atoms with Crippen LogP contribution in [0.4, 0.5) is 4.39 Å². The van der Waals surface area contributed by atoms with E-state index < -0.39 is 0 Å². The lowest BCUT2D eigenvalue weighted by atomic mass is 10.2. The lowest BCUT2D eigenvalue weighted by Crippen LogP contribution is -2.25. The summed E-state index contributed by atoms with van der Waals surface area (Å²) in [6.45, 7) is 7.40. The van der Waals surface area contributed by atoms with E-state index >= 15 is 0 Å². The summed E-state index contributed by atoms with van der Waals surface area (Å²) in [5.74, 6) is 0.636. The number of aromatic amines is 1. The normalized spacial score (nSPS) is 11.8. The molecule has 22 heavy (non-hydrogen) atoms. The molecule has 0 atom stereocenters. The number of fused-ring (bicyclic) bond motifs is 3. The molecule has 2 aromatic heterocycles. The van der Waals surface area contributed by atoms with Crippen molar-refractivity contribution in [1.82, 2.24) is 25.1 Å². The van der Waals surface area contributed by atoms with Crippen LogP contribution in [0.2, 0.25) is 0 Å². The van der Waals surface area contributed by atoms with Gasteiger partial charge >= 0.3 is 0 Å². The number of rotatable bonds is 6. The van der Waals surface area contributed by atoms with Crippen LogP contribution in [-0.4, -0.2) is 50.5 Å². The van der Waals surface area contributed by atoms with Crippen molar-refractivity contribution in [3.05, 3.63) is 24.0 Å². The maximum atomic E-state index is 13.3. The molecule has 0 unspecified atom stereocenters. The first-order valence-corrected chi connectivity index (χ1v) is 8.36. The molecular weight excluding hydrogens is 301 g/mol. The van der Waals surface area contributed by atoms with Crippen molar-refractivity contribution >= 4 is 33.8 Å². The minimum absolute atomic E-state index is 0.284. The van der Waals surface area contributed by atoms with E-state index in [0.29, 0.717) is 16.3 Å². The number of halogens is 1. The third-order valence-electron chi connectivity index (χ3n) is 3.69. The Hall–Kier alpha value is -1.73. The summed E-state index contributed by atoms with van der Waals surface area (Å²) in [5, 5.41) is 9.71. The Bertz CT molecular complexity index is 784. The van der Waals surface area contributed by atoms with Crippen molar-refractivity contribution in [2.75, 3.05) is 25.4 Å². The molecule has 3 rings (SSSR count). The van der Waals surface area contributed by atoms with Crippen LogP contribution in [0.15, 0.2) is 23.4 Å². The highest BCUT2D eigenvalue weighted by Crippen LogP contribution is 2.24. The lowest BCUT2D eigenvalue weighted by Gasteiger charge is -2.16. The van der Waals surface area contributed by atoms with Gasteiger partial charge in [-0.3, -0.25) is 0 Å². The Morgan fingerprint density at radius 3 is 2.82 bits per heavy atom. The zero-order valence-corrected chi connectivity index (χ0v) is 13.5. The van der Waals surface area contributed by atoms with E-state index in [1.54, 1.807) is 17.8 Å². The Kier molecular flexibility index (Phi) is 4.54. The average molecular weight is 319 g/mol. The summed E-state index contributed by atoms with van der Waals surface area (Å²) in [5.41, 5.74) is 2.09. The molecule has 0 aliphatic carbocycles. The van der Waals surface area contributed by atoms with Crippen molar-refractivity contribution in [3.8, 4) is 0 Å². The summed E-state index contributed by atoms with van der Waals surface area (Å²) in [6, 6.07) is 4.57. The number of H-pyrrole nitrogens is 1. The zero-order chi connectivity index (χ0) is 15.5. The minimum atomic E-state index is -0.284. The van der Waals surface area contributed by atoms with Gasteiger partial charge in [-0.15, -0.1) is 10.2 Å². The van der Waals surface area contributed by atoms with Crippen molar-refractivity contribution in [2.45, 2.75) is 19.0 Å². The summed E-state index contributed by atoms with van der Waals surface area (Å²) >= 11 is 1.59. The fourth-order valence-corrected chi connectivity index (χ4v) is 3.18. The Labute approximate surface area is 132 Å². The summed E-state index contributed by atoms with van der Waals surface area (Å²) in [6.07, 6.45) is 0. The number of hydrogen-bond donors (Lipinski definition) is 1. The zero-order valence-electron chi connectivity index (χ0n) is 12.6. The highest BCUT2D eigenvalue weighted by Gasteiger charge is 2.10. The molecule has 3 aromatic rings. The van der Waals surface area contributed by atoms with Gasteiger partial charge in [0.2, 0.25) is 5.16 Å². The van der Waals surface area contributed by atoms with Crippen LogP contribution < -0.4 is 0 Å². The van der Waals surface area contributed by atoms with Gasteiger partial charge in [0, 0.05) is 23.2 Å². The van der Waals surface area contributed by atoms with Gasteiger partial charge in [-0.2, -0.15) is 0 Å². The molecule has 7 heteroatoms. The SMILES string of the molecule is CCN(CC)CCSc1nnc2c(n1)[nH]c1ccc(F)cc12. The highest BCUT2D eigenvalue weighted by atomic mass is 32.2. The molecule has 2 heterocycles. The summed E-state index contributed by atoms with van der Waals surface area (Å²) in [7, 11) is 0. The number of thioether (sulfide) groups is 1. The van der Waals surface area contributed by atoms with Gasteiger partial charge in [0.1, 0.15) is 11.3 Å². The molecule has 0 amide bonds. The van der Waals surface area contributed by atoms with E-state index in [1.165, 1.54) is 12.1 Å². The smallest absolute Gasteiger partial charge is 0.211 e. The van der Waals surface area contributed by atoms with E-state index in [-0.39, 0.29) is 5.82 Å². The molecule has 0 spiro atoms. The predicted octanol–water partition coefficient (Wildman–Crippen LogP) is 3.08. The largest absolute Gasteiger partial charge is 0.338 e. The standard InChI is InChI=1S/C15H18FN5S/c1-3-21(4-2)7-8-22-15-18-14-13(19-20-15)11-9-10(16)5-6-12(11)17-14/h5-6,9H,3-4,7-8H2,1-2H3,(H,17,18,20). The second-order valence-electron chi connectivity index (χ2n) is 4.98. The molecule has 1 aromatic carbocycles. The molecule has 0 saturated heterocycles. The van der Waals surface area contributed by atoms with Crippen LogP contribution in [0, 0.1) is 5.82 Å². The van der Waals surface area contributed by atoms with Crippen LogP contribution in [-0.2, 0) is 0 Å². The van der Waals surface area contributed by atoms with Gasteiger partial charge in [-0.05, 0) is 31.3 Å². The fourth-order valence-electron chi connectivity index (χ4n) is 2.40.